The molecule has 0 aromatic carbocycles. The summed E-state index contributed by atoms with van der Waals surface area (Å²) in [6.45, 7) is 0. The summed E-state index contributed by atoms with van der Waals surface area (Å²) in [4.78, 5) is 42.0. The molecule has 2 aliphatic heterocycles. The third-order valence-electron chi connectivity index (χ3n) is 3.68. The van der Waals surface area contributed by atoms with Crippen molar-refractivity contribution >= 4 is 23.9 Å². The van der Waals surface area contributed by atoms with Crippen LogP contribution in [0.25, 0.3) is 0 Å². The second-order valence-electron chi connectivity index (χ2n) is 4.72. The van der Waals surface area contributed by atoms with E-state index < -0.39 is 0 Å². The highest BCUT2D eigenvalue weighted by molar-refractivity contribution is 6.00. The van der Waals surface area contributed by atoms with Gasteiger partial charge < -0.3 is 9.47 Å². The van der Waals surface area contributed by atoms with E-state index in [2.05, 4.69) is 9.47 Å². The zero-order valence-electron chi connectivity index (χ0n) is 8.88. The normalized spacial score (nSPS) is 40.5. The summed E-state index contributed by atoms with van der Waals surface area (Å²) in [5.41, 5.74) is 0. The van der Waals surface area contributed by atoms with E-state index in [1.165, 1.54) is 0 Å². The lowest BCUT2D eigenvalue weighted by atomic mass is 9.76. The van der Waals surface area contributed by atoms with Crippen molar-refractivity contribution in [2.24, 2.45) is 23.7 Å². The lowest BCUT2D eigenvalue weighted by Gasteiger charge is -2.22. The Morgan fingerprint density at radius 2 is 1.00 bits per heavy atom. The Balaban J connectivity index is 0.000000107. The van der Waals surface area contributed by atoms with Gasteiger partial charge in [0.1, 0.15) is 0 Å². The molecule has 6 heteroatoms. The topological polar surface area (TPSA) is 86.7 Å². The Kier molecular flexibility index (Phi) is 2.08. The summed E-state index contributed by atoms with van der Waals surface area (Å²) < 4.78 is 8.62. The minimum Gasteiger partial charge on any atom is -0.393 e. The first-order valence-electron chi connectivity index (χ1n) is 5.59. The molecular formula is C11H10O6. The Morgan fingerprint density at radius 1 is 0.647 bits per heavy atom. The molecule has 90 valence electrons. The Hall–Kier alpha value is -1.72. The fourth-order valence-electron chi connectivity index (χ4n) is 2.28. The largest absolute Gasteiger partial charge is 0.393 e. The average molecular weight is 238 g/mol. The summed E-state index contributed by atoms with van der Waals surface area (Å²) in [6, 6.07) is 0. The van der Waals surface area contributed by atoms with Crippen LogP contribution in [0.1, 0.15) is 19.3 Å². The number of ether oxygens (including phenoxy) is 2. The molecule has 4 atom stereocenters. The average Bonchev–Trinajstić information content (AvgIpc) is 2.85. The Morgan fingerprint density at radius 3 is 1.18 bits per heavy atom. The number of cyclic esters (lactones) is 4. The van der Waals surface area contributed by atoms with Gasteiger partial charge in [-0.1, -0.05) is 0 Å². The van der Waals surface area contributed by atoms with Gasteiger partial charge in [-0.2, -0.15) is 0 Å². The zero-order chi connectivity index (χ0) is 12.2. The van der Waals surface area contributed by atoms with Gasteiger partial charge in [0.15, 0.2) is 0 Å². The van der Waals surface area contributed by atoms with E-state index in [1.54, 1.807) is 0 Å². The maximum atomic E-state index is 10.6. The molecule has 4 fully saturated rings. The number of hydrogen-bond acceptors (Lipinski definition) is 6. The second-order valence-corrected chi connectivity index (χ2v) is 4.72. The van der Waals surface area contributed by atoms with E-state index in [1.807, 2.05) is 0 Å². The van der Waals surface area contributed by atoms with Gasteiger partial charge in [-0.25, -0.2) is 0 Å². The van der Waals surface area contributed by atoms with Crippen molar-refractivity contribution < 1.29 is 28.7 Å². The van der Waals surface area contributed by atoms with E-state index >= 15 is 0 Å². The highest BCUT2D eigenvalue weighted by Crippen LogP contribution is 2.45. The molecule has 4 unspecified atom stereocenters. The van der Waals surface area contributed by atoms with Crippen LogP contribution in [0.2, 0.25) is 0 Å². The van der Waals surface area contributed by atoms with Crippen LogP contribution in [0.5, 0.6) is 0 Å². The number of fused-ring (bicyclic) bond motifs is 2. The molecular weight excluding hydrogens is 228 g/mol. The van der Waals surface area contributed by atoms with Crippen molar-refractivity contribution in [2.45, 2.75) is 19.3 Å². The molecule has 2 saturated heterocycles. The van der Waals surface area contributed by atoms with E-state index in [4.69, 9.17) is 0 Å². The van der Waals surface area contributed by atoms with Gasteiger partial charge in [-0.05, 0) is 19.3 Å². The van der Waals surface area contributed by atoms with Crippen LogP contribution < -0.4 is 0 Å². The van der Waals surface area contributed by atoms with Crippen molar-refractivity contribution in [1.82, 2.24) is 0 Å². The molecule has 6 nitrogen and oxygen atoms in total. The van der Waals surface area contributed by atoms with Crippen molar-refractivity contribution in [1.29, 1.82) is 0 Å². The monoisotopic (exact) mass is 238 g/mol. The van der Waals surface area contributed by atoms with E-state index in [9.17, 15) is 19.2 Å². The van der Waals surface area contributed by atoms with Crippen molar-refractivity contribution in [3.8, 4) is 0 Å². The van der Waals surface area contributed by atoms with Gasteiger partial charge >= 0.3 is 23.9 Å². The van der Waals surface area contributed by atoms with Gasteiger partial charge in [0, 0.05) is 0 Å². The summed E-state index contributed by atoms with van der Waals surface area (Å²) in [6.07, 6.45) is 2.42. The minimum atomic E-state index is -0.319. The number of carbonyl (C=O) groups excluding carboxylic acids is 4. The molecule has 2 saturated carbocycles. The Labute approximate surface area is 96.2 Å². The molecule has 4 aliphatic rings. The molecule has 0 bridgehead atoms. The number of hydrogen-bond donors (Lipinski definition) is 0. The minimum absolute atomic E-state index is 0.0532. The maximum absolute atomic E-state index is 10.6. The maximum Gasteiger partial charge on any atom is 0.317 e. The first kappa shape index (κ1) is 10.4. The molecule has 0 spiro atoms. The highest BCUT2D eigenvalue weighted by Gasteiger charge is 2.57. The molecule has 0 aromatic rings. The summed E-state index contributed by atoms with van der Waals surface area (Å²) in [7, 11) is 0. The van der Waals surface area contributed by atoms with Gasteiger partial charge in [0.25, 0.3) is 0 Å². The van der Waals surface area contributed by atoms with E-state index in [0.717, 1.165) is 19.3 Å². The quantitative estimate of drug-likeness (QED) is 0.429. The van der Waals surface area contributed by atoms with Crippen molar-refractivity contribution in [2.75, 3.05) is 0 Å². The predicted molar refractivity (Wildman–Crippen MR) is 50.0 cm³/mol. The predicted octanol–water partition coefficient (Wildman–Crippen LogP) is -0.198. The van der Waals surface area contributed by atoms with E-state index in [-0.39, 0.29) is 47.5 Å². The van der Waals surface area contributed by atoms with E-state index in [0.29, 0.717) is 0 Å². The van der Waals surface area contributed by atoms with Crippen molar-refractivity contribution in [3.05, 3.63) is 0 Å². The third kappa shape index (κ3) is 1.55. The van der Waals surface area contributed by atoms with Crippen LogP contribution in [-0.2, 0) is 28.7 Å². The molecule has 2 heterocycles. The number of rotatable bonds is 0. The molecule has 0 N–H and O–H groups in total. The van der Waals surface area contributed by atoms with Crippen LogP contribution in [-0.4, -0.2) is 23.9 Å². The first-order valence-corrected chi connectivity index (χ1v) is 5.59. The molecule has 0 radical (unpaired) electrons. The summed E-state index contributed by atoms with van der Waals surface area (Å²) in [5, 5.41) is 0. The molecule has 0 aromatic heterocycles. The smallest absolute Gasteiger partial charge is 0.317 e. The van der Waals surface area contributed by atoms with Gasteiger partial charge in [-0.15, -0.1) is 0 Å². The van der Waals surface area contributed by atoms with Crippen LogP contribution in [0, 0.1) is 23.7 Å². The molecule has 4 rings (SSSR count). The van der Waals surface area contributed by atoms with Crippen LogP contribution >= 0.6 is 0 Å². The summed E-state index contributed by atoms with van der Waals surface area (Å²) in [5.74, 6) is -1.51. The van der Waals surface area contributed by atoms with Gasteiger partial charge in [0.05, 0.1) is 23.7 Å². The molecule has 17 heavy (non-hydrogen) atoms. The van der Waals surface area contributed by atoms with Crippen LogP contribution in [0.15, 0.2) is 0 Å². The lowest BCUT2D eigenvalue weighted by molar-refractivity contribution is -0.156. The fraction of sp³-hybridized carbons (Fsp3) is 0.636. The van der Waals surface area contributed by atoms with Crippen LogP contribution in [0.4, 0.5) is 0 Å². The van der Waals surface area contributed by atoms with Crippen molar-refractivity contribution in [3.63, 3.8) is 0 Å². The van der Waals surface area contributed by atoms with Gasteiger partial charge in [-0.3, -0.25) is 19.2 Å². The molecule has 2 aliphatic carbocycles. The first-order chi connectivity index (χ1) is 8.08. The summed E-state index contributed by atoms with van der Waals surface area (Å²) >= 11 is 0. The highest BCUT2D eigenvalue weighted by atomic mass is 16.6. The van der Waals surface area contributed by atoms with Gasteiger partial charge in [0.2, 0.25) is 0 Å². The molecule has 0 amide bonds. The second kappa shape index (κ2) is 3.38. The fourth-order valence-corrected chi connectivity index (χ4v) is 2.28. The lowest BCUT2D eigenvalue weighted by Crippen LogP contribution is -2.27. The number of carbonyl (C=O) groups is 4. The third-order valence-corrected chi connectivity index (χ3v) is 3.68. The number of esters is 4. The SMILES string of the molecule is O=C1OC(=O)C2CC12.O=C1OC(=O)C2CCC12. The standard InChI is InChI=1S/C6H6O3.C5H4O3/c7-5-3-1-2-4(3)6(8)9-5;6-4-2-1-3(2)5(7)8-4/h3-4H,1-2H2;2-3H,1H2. The Bertz CT molecular complexity index is 401. The van der Waals surface area contributed by atoms with Crippen LogP contribution in [0.3, 0.4) is 0 Å². The zero-order valence-corrected chi connectivity index (χ0v) is 8.88.